The number of halogens is 1. The second kappa shape index (κ2) is 7.43. The number of carbonyl (C=O) groups is 1. The molecule has 0 spiro atoms. The van der Waals surface area contributed by atoms with Gasteiger partial charge < -0.3 is 11.1 Å². The van der Waals surface area contributed by atoms with Gasteiger partial charge in [-0.3, -0.25) is 4.79 Å². The maximum absolute atomic E-state index is 12.7. The summed E-state index contributed by atoms with van der Waals surface area (Å²) in [6.45, 7) is 0.557. The molecule has 0 radical (unpaired) electrons. The van der Waals surface area contributed by atoms with Crippen LogP contribution in [0.25, 0.3) is 0 Å². The molecular weight excluding hydrogens is 267 g/mol. The first-order valence-corrected chi connectivity index (χ1v) is 6.99. The van der Waals surface area contributed by atoms with Crippen LogP contribution in [0.3, 0.4) is 0 Å². The summed E-state index contributed by atoms with van der Waals surface area (Å²) in [5, 5.41) is 2.87. The Bertz CT molecular complexity index is 596. The van der Waals surface area contributed by atoms with Gasteiger partial charge in [-0.2, -0.15) is 0 Å². The van der Waals surface area contributed by atoms with Crippen molar-refractivity contribution in [2.75, 3.05) is 12.3 Å². The minimum atomic E-state index is -0.245. The molecule has 4 heteroatoms. The Morgan fingerprint density at radius 3 is 2.52 bits per heavy atom. The van der Waals surface area contributed by atoms with Crippen molar-refractivity contribution in [2.24, 2.45) is 0 Å². The lowest BCUT2D eigenvalue weighted by atomic mass is 10.1. The van der Waals surface area contributed by atoms with Crippen LogP contribution in [0.15, 0.2) is 48.5 Å². The molecule has 0 saturated heterocycles. The molecule has 3 nitrogen and oxygen atoms in total. The van der Waals surface area contributed by atoms with Crippen molar-refractivity contribution in [1.82, 2.24) is 5.32 Å². The Kier molecular flexibility index (Phi) is 5.32. The quantitative estimate of drug-likeness (QED) is 0.802. The van der Waals surface area contributed by atoms with E-state index in [0.29, 0.717) is 31.5 Å². The molecular formula is C17H19FN2O. The molecule has 110 valence electrons. The fourth-order valence-corrected chi connectivity index (χ4v) is 2.09. The highest BCUT2D eigenvalue weighted by atomic mass is 19.1. The van der Waals surface area contributed by atoms with Crippen LogP contribution in [0.4, 0.5) is 10.1 Å². The summed E-state index contributed by atoms with van der Waals surface area (Å²) in [5.74, 6) is -0.232. The van der Waals surface area contributed by atoms with Crippen molar-refractivity contribution >= 4 is 11.6 Å². The second-order valence-corrected chi connectivity index (χ2v) is 4.97. The van der Waals surface area contributed by atoms with Crippen LogP contribution in [-0.4, -0.2) is 12.5 Å². The van der Waals surface area contributed by atoms with Crippen molar-refractivity contribution in [3.63, 3.8) is 0 Å². The number of hydrogen-bond donors (Lipinski definition) is 2. The van der Waals surface area contributed by atoms with E-state index < -0.39 is 0 Å². The van der Waals surface area contributed by atoms with Crippen LogP contribution in [0.2, 0.25) is 0 Å². The van der Waals surface area contributed by atoms with Crippen LogP contribution in [0, 0.1) is 5.82 Å². The monoisotopic (exact) mass is 286 g/mol. The Hall–Kier alpha value is -2.36. The van der Waals surface area contributed by atoms with Crippen LogP contribution < -0.4 is 11.1 Å². The molecule has 2 aromatic rings. The van der Waals surface area contributed by atoms with Gasteiger partial charge in [-0.25, -0.2) is 4.39 Å². The molecule has 3 N–H and O–H groups in total. The number of nitrogens with one attached hydrogen (secondary N) is 1. The summed E-state index contributed by atoms with van der Waals surface area (Å²) in [5.41, 5.74) is 8.47. The lowest BCUT2D eigenvalue weighted by Crippen LogP contribution is -2.25. The molecule has 0 aliphatic heterocycles. The first-order chi connectivity index (χ1) is 10.1. The molecule has 0 saturated carbocycles. The highest BCUT2D eigenvalue weighted by Gasteiger charge is 2.02. The van der Waals surface area contributed by atoms with Gasteiger partial charge in [0.1, 0.15) is 5.82 Å². The van der Waals surface area contributed by atoms with E-state index in [1.807, 2.05) is 24.3 Å². The zero-order chi connectivity index (χ0) is 15.1. The first-order valence-electron chi connectivity index (χ1n) is 6.99. The van der Waals surface area contributed by atoms with Crippen molar-refractivity contribution in [1.29, 1.82) is 0 Å². The maximum atomic E-state index is 12.7. The smallest absolute Gasteiger partial charge is 0.220 e. The summed E-state index contributed by atoms with van der Waals surface area (Å²) >= 11 is 0. The molecule has 0 fully saturated rings. The highest BCUT2D eigenvalue weighted by molar-refractivity contribution is 5.76. The summed E-state index contributed by atoms with van der Waals surface area (Å²) in [7, 11) is 0. The van der Waals surface area contributed by atoms with E-state index in [1.165, 1.54) is 12.1 Å². The molecule has 0 heterocycles. The third-order valence-electron chi connectivity index (χ3n) is 3.24. The van der Waals surface area contributed by atoms with Gasteiger partial charge in [-0.15, -0.1) is 0 Å². The zero-order valence-electron chi connectivity index (χ0n) is 11.8. The standard InChI is InChI=1S/C17H19FN2O/c18-15-7-4-13(5-8-15)10-11-20-17(21)9-6-14-2-1-3-16(19)12-14/h1-5,7-8,12H,6,9-11,19H2,(H,20,21). The van der Waals surface area contributed by atoms with E-state index in [9.17, 15) is 9.18 Å². The third-order valence-corrected chi connectivity index (χ3v) is 3.24. The molecule has 0 bridgehead atoms. The van der Waals surface area contributed by atoms with Gasteiger partial charge in [-0.05, 0) is 48.2 Å². The van der Waals surface area contributed by atoms with E-state index in [-0.39, 0.29) is 11.7 Å². The van der Waals surface area contributed by atoms with E-state index in [2.05, 4.69) is 5.32 Å². The molecule has 0 aromatic heterocycles. The van der Waals surface area contributed by atoms with E-state index in [4.69, 9.17) is 5.73 Å². The number of hydrogen-bond acceptors (Lipinski definition) is 2. The number of rotatable bonds is 6. The number of amides is 1. The Morgan fingerprint density at radius 1 is 1.05 bits per heavy atom. The first kappa shape index (κ1) is 15.0. The molecule has 2 aromatic carbocycles. The van der Waals surface area contributed by atoms with Gasteiger partial charge in [0.15, 0.2) is 0 Å². The average molecular weight is 286 g/mol. The van der Waals surface area contributed by atoms with Crippen molar-refractivity contribution in [2.45, 2.75) is 19.3 Å². The zero-order valence-corrected chi connectivity index (χ0v) is 11.8. The Labute approximate surface area is 124 Å². The van der Waals surface area contributed by atoms with Gasteiger partial charge in [0.2, 0.25) is 5.91 Å². The number of nitrogens with two attached hydrogens (primary N) is 1. The Balaban J connectivity index is 1.69. The van der Waals surface area contributed by atoms with Gasteiger partial charge >= 0.3 is 0 Å². The number of aryl methyl sites for hydroxylation is 1. The van der Waals surface area contributed by atoms with Crippen LogP contribution in [0.1, 0.15) is 17.5 Å². The molecule has 0 unspecified atom stereocenters. The SMILES string of the molecule is Nc1cccc(CCC(=O)NCCc2ccc(F)cc2)c1. The number of nitrogen functional groups attached to an aromatic ring is 1. The van der Waals surface area contributed by atoms with E-state index in [1.54, 1.807) is 12.1 Å². The summed E-state index contributed by atoms with van der Waals surface area (Å²) < 4.78 is 12.7. The number of carbonyl (C=O) groups excluding carboxylic acids is 1. The number of benzene rings is 2. The lowest BCUT2D eigenvalue weighted by Gasteiger charge is -2.06. The minimum Gasteiger partial charge on any atom is -0.399 e. The van der Waals surface area contributed by atoms with E-state index in [0.717, 1.165) is 11.1 Å². The molecule has 2 rings (SSSR count). The predicted octanol–water partition coefficient (Wildman–Crippen LogP) is 2.70. The molecule has 0 aliphatic rings. The maximum Gasteiger partial charge on any atom is 0.220 e. The molecule has 21 heavy (non-hydrogen) atoms. The molecule has 1 amide bonds. The second-order valence-electron chi connectivity index (χ2n) is 4.97. The van der Waals surface area contributed by atoms with Crippen molar-refractivity contribution in [3.05, 3.63) is 65.5 Å². The van der Waals surface area contributed by atoms with Crippen LogP contribution >= 0.6 is 0 Å². The molecule has 0 aliphatic carbocycles. The normalized spacial score (nSPS) is 10.3. The third kappa shape index (κ3) is 5.26. The lowest BCUT2D eigenvalue weighted by molar-refractivity contribution is -0.121. The van der Waals surface area contributed by atoms with Crippen LogP contribution in [-0.2, 0) is 17.6 Å². The average Bonchev–Trinajstić information content (AvgIpc) is 2.47. The highest BCUT2D eigenvalue weighted by Crippen LogP contribution is 2.08. The summed E-state index contributed by atoms with van der Waals surface area (Å²) in [6, 6.07) is 13.9. The predicted molar refractivity (Wildman–Crippen MR) is 82.3 cm³/mol. The van der Waals surface area contributed by atoms with Gasteiger partial charge in [0.05, 0.1) is 0 Å². The van der Waals surface area contributed by atoms with Gasteiger partial charge in [0.25, 0.3) is 0 Å². The Morgan fingerprint density at radius 2 is 1.81 bits per heavy atom. The molecule has 0 atom stereocenters. The van der Waals surface area contributed by atoms with Crippen molar-refractivity contribution < 1.29 is 9.18 Å². The van der Waals surface area contributed by atoms with Gasteiger partial charge in [-0.1, -0.05) is 24.3 Å². The fourth-order valence-electron chi connectivity index (χ4n) is 2.09. The van der Waals surface area contributed by atoms with Gasteiger partial charge in [0, 0.05) is 18.7 Å². The number of anilines is 1. The van der Waals surface area contributed by atoms with Crippen molar-refractivity contribution in [3.8, 4) is 0 Å². The minimum absolute atomic E-state index is 0.0135. The summed E-state index contributed by atoms with van der Waals surface area (Å²) in [4.78, 5) is 11.7. The largest absolute Gasteiger partial charge is 0.399 e. The van der Waals surface area contributed by atoms with Crippen LogP contribution in [0.5, 0.6) is 0 Å². The topological polar surface area (TPSA) is 55.1 Å². The summed E-state index contributed by atoms with van der Waals surface area (Å²) in [6.07, 6.45) is 1.81. The van der Waals surface area contributed by atoms with E-state index >= 15 is 0 Å². The fraction of sp³-hybridized carbons (Fsp3) is 0.235.